The number of rotatable bonds is 7. The van der Waals surface area contributed by atoms with E-state index in [1.807, 2.05) is 18.1 Å². The Bertz CT molecular complexity index is 1020. The first kappa shape index (κ1) is 21.1. The average molecular weight is 423 g/mol. The number of hydrogen-bond acceptors (Lipinski definition) is 4. The van der Waals surface area contributed by atoms with E-state index in [1.165, 1.54) is 12.1 Å². The van der Waals surface area contributed by atoms with Gasteiger partial charge in [0, 0.05) is 44.2 Å². The normalized spacial score (nSPS) is 17.0. The van der Waals surface area contributed by atoms with Gasteiger partial charge in [-0.15, -0.1) is 0 Å². The van der Waals surface area contributed by atoms with Crippen molar-refractivity contribution in [3.63, 3.8) is 0 Å². The number of aliphatic hydroxyl groups excluding tert-OH is 1. The van der Waals surface area contributed by atoms with Crippen LogP contribution in [-0.2, 0) is 13.5 Å². The fourth-order valence-corrected chi connectivity index (χ4v) is 3.93. The Labute approximate surface area is 180 Å². The zero-order valence-electron chi connectivity index (χ0n) is 17.4. The van der Waals surface area contributed by atoms with Crippen LogP contribution < -0.4 is 4.74 Å². The van der Waals surface area contributed by atoms with Crippen LogP contribution in [0.25, 0.3) is 0 Å². The zero-order valence-corrected chi connectivity index (χ0v) is 17.4. The highest BCUT2D eigenvalue weighted by molar-refractivity contribution is 5.94. The first-order valence-electron chi connectivity index (χ1n) is 10.4. The van der Waals surface area contributed by atoms with Crippen LogP contribution in [0.4, 0.5) is 4.39 Å². The summed E-state index contributed by atoms with van der Waals surface area (Å²) in [6.07, 6.45) is 4.28. The summed E-state index contributed by atoms with van der Waals surface area (Å²) in [6.45, 7) is 1.47. The van der Waals surface area contributed by atoms with Gasteiger partial charge >= 0.3 is 0 Å². The third-order valence-electron chi connectivity index (χ3n) is 5.59. The van der Waals surface area contributed by atoms with Crippen molar-refractivity contribution in [2.75, 3.05) is 19.7 Å². The number of nitrogens with zero attached hydrogens (tertiary/aromatic N) is 3. The number of halogens is 1. The van der Waals surface area contributed by atoms with E-state index in [0.29, 0.717) is 30.8 Å². The Morgan fingerprint density at radius 2 is 1.97 bits per heavy atom. The molecule has 1 aliphatic rings. The summed E-state index contributed by atoms with van der Waals surface area (Å²) in [5, 5.41) is 14.2. The topological polar surface area (TPSA) is 67.6 Å². The maximum atomic E-state index is 13.1. The lowest BCUT2D eigenvalue weighted by atomic mass is 9.99. The Hall–Kier alpha value is -3.19. The van der Waals surface area contributed by atoms with Gasteiger partial charge in [0.1, 0.15) is 18.2 Å². The fourth-order valence-electron chi connectivity index (χ4n) is 3.93. The van der Waals surface area contributed by atoms with E-state index >= 15 is 0 Å². The zero-order chi connectivity index (χ0) is 21.8. The molecule has 1 unspecified atom stereocenters. The molecule has 0 spiro atoms. The van der Waals surface area contributed by atoms with E-state index in [2.05, 4.69) is 5.10 Å². The molecule has 1 aromatic heterocycles. The minimum Gasteiger partial charge on any atom is -0.491 e. The Morgan fingerprint density at radius 3 is 2.65 bits per heavy atom. The standard InChI is InChI=1S/C24H26FN3O3/c1-27-14-17(13-26-27)12-22(29)16-31-23-8-4-19(5-9-23)24(30)28-11-10-20(15-28)18-2-6-21(25)7-3-18/h2-9,13-14,20,22,29H,10-12,15-16H2,1H3/t20-,22?/m0/s1. The summed E-state index contributed by atoms with van der Waals surface area (Å²) in [5.41, 5.74) is 2.61. The molecule has 2 aromatic carbocycles. The summed E-state index contributed by atoms with van der Waals surface area (Å²) in [7, 11) is 1.83. The van der Waals surface area contributed by atoms with Crippen molar-refractivity contribution in [1.82, 2.24) is 14.7 Å². The minimum absolute atomic E-state index is 0.0206. The largest absolute Gasteiger partial charge is 0.491 e. The van der Waals surface area contributed by atoms with Gasteiger partial charge < -0.3 is 14.7 Å². The number of ether oxygens (including phenoxy) is 1. The maximum Gasteiger partial charge on any atom is 0.253 e. The van der Waals surface area contributed by atoms with Gasteiger partial charge in [-0.1, -0.05) is 12.1 Å². The number of likely N-dealkylation sites (tertiary alicyclic amines) is 1. The predicted molar refractivity (Wildman–Crippen MR) is 115 cm³/mol. The van der Waals surface area contributed by atoms with Crippen LogP contribution in [-0.4, -0.2) is 51.5 Å². The van der Waals surface area contributed by atoms with Crippen molar-refractivity contribution in [2.45, 2.75) is 24.9 Å². The summed E-state index contributed by atoms with van der Waals surface area (Å²) >= 11 is 0. The van der Waals surface area contributed by atoms with E-state index in [9.17, 15) is 14.3 Å². The van der Waals surface area contributed by atoms with Crippen molar-refractivity contribution in [2.24, 2.45) is 7.05 Å². The molecule has 7 heteroatoms. The van der Waals surface area contributed by atoms with Gasteiger partial charge in [0.15, 0.2) is 0 Å². The highest BCUT2D eigenvalue weighted by Gasteiger charge is 2.28. The van der Waals surface area contributed by atoms with Crippen LogP contribution in [0, 0.1) is 5.82 Å². The van der Waals surface area contributed by atoms with E-state index in [4.69, 9.17) is 4.74 Å². The number of carbonyl (C=O) groups excluding carboxylic acids is 1. The van der Waals surface area contributed by atoms with E-state index in [-0.39, 0.29) is 24.2 Å². The second-order valence-electron chi connectivity index (χ2n) is 8.00. The molecule has 1 aliphatic heterocycles. The molecule has 3 aromatic rings. The third-order valence-corrected chi connectivity index (χ3v) is 5.59. The van der Waals surface area contributed by atoms with Gasteiger partial charge in [0.05, 0.1) is 12.3 Å². The lowest BCUT2D eigenvalue weighted by Crippen LogP contribution is -2.28. The number of aromatic nitrogens is 2. The molecule has 162 valence electrons. The molecule has 4 rings (SSSR count). The molecular weight excluding hydrogens is 397 g/mol. The van der Waals surface area contributed by atoms with Gasteiger partial charge in [-0.3, -0.25) is 9.48 Å². The monoisotopic (exact) mass is 423 g/mol. The molecule has 0 bridgehead atoms. The Morgan fingerprint density at radius 1 is 1.23 bits per heavy atom. The Balaban J connectivity index is 1.28. The summed E-state index contributed by atoms with van der Waals surface area (Å²) in [5.74, 6) is 0.565. The molecule has 0 saturated carbocycles. The molecule has 1 saturated heterocycles. The first-order chi connectivity index (χ1) is 15.0. The van der Waals surface area contributed by atoms with Crippen molar-refractivity contribution in [3.8, 4) is 5.75 Å². The fraction of sp³-hybridized carbons (Fsp3) is 0.333. The van der Waals surface area contributed by atoms with Crippen molar-refractivity contribution in [1.29, 1.82) is 0 Å². The van der Waals surface area contributed by atoms with Gasteiger partial charge in [0.2, 0.25) is 0 Å². The number of aliphatic hydroxyl groups is 1. The summed E-state index contributed by atoms with van der Waals surface area (Å²) < 4.78 is 20.5. The quantitative estimate of drug-likeness (QED) is 0.634. The van der Waals surface area contributed by atoms with Crippen LogP contribution >= 0.6 is 0 Å². The lowest BCUT2D eigenvalue weighted by Gasteiger charge is -2.17. The lowest BCUT2D eigenvalue weighted by molar-refractivity contribution is 0.0790. The molecule has 1 amide bonds. The van der Waals surface area contributed by atoms with Gasteiger partial charge in [-0.2, -0.15) is 5.10 Å². The van der Waals surface area contributed by atoms with Crippen LogP contribution in [0.2, 0.25) is 0 Å². The third kappa shape index (κ3) is 5.30. The predicted octanol–water partition coefficient (Wildman–Crippen LogP) is 3.17. The molecule has 2 atom stereocenters. The van der Waals surface area contributed by atoms with Gasteiger partial charge in [-0.05, 0) is 53.9 Å². The van der Waals surface area contributed by atoms with Gasteiger partial charge in [-0.25, -0.2) is 4.39 Å². The van der Waals surface area contributed by atoms with E-state index in [0.717, 1.165) is 17.5 Å². The minimum atomic E-state index is -0.640. The van der Waals surface area contributed by atoms with E-state index in [1.54, 1.807) is 47.3 Å². The van der Waals surface area contributed by atoms with Crippen LogP contribution in [0.1, 0.15) is 33.8 Å². The van der Waals surface area contributed by atoms with Crippen molar-refractivity contribution >= 4 is 5.91 Å². The Kier molecular flexibility index (Phi) is 6.32. The maximum absolute atomic E-state index is 13.1. The number of hydrogen-bond donors (Lipinski definition) is 1. The average Bonchev–Trinajstić information content (AvgIpc) is 3.42. The number of amides is 1. The van der Waals surface area contributed by atoms with Crippen LogP contribution in [0.15, 0.2) is 60.9 Å². The molecule has 1 fully saturated rings. The molecular formula is C24H26FN3O3. The number of carbonyl (C=O) groups is 1. The highest BCUT2D eigenvalue weighted by Crippen LogP contribution is 2.28. The molecule has 0 aliphatic carbocycles. The SMILES string of the molecule is Cn1cc(CC(O)COc2ccc(C(=O)N3CC[C@H](c4ccc(F)cc4)C3)cc2)cn1. The van der Waals surface area contributed by atoms with E-state index < -0.39 is 6.10 Å². The van der Waals surface area contributed by atoms with Crippen molar-refractivity contribution < 1.29 is 19.0 Å². The summed E-state index contributed by atoms with van der Waals surface area (Å²) in [4.78, 5) is 14.7. The molecule has 2 heterocycles. The number of benzene rings is 2. The second-order valence-corrected chi connectivity index (χ2v) is 8.00. The highest BCUT2D eigenvalue weighted by atomic mass is 19.1. The summed E-state index contributed by atoms with van der Waals surface area (Å²) in [6, 6.07) is 13.5. The van der Waals surface area contributed by atoms with Gasteiger partial charge in [0.25, 0.3) is 5.91 Å². The molecule has 1 N–H and O–H groups in total. The first-order valence-corrected chi connectivity index (χ1v) is 10.4. The number of aryl methyl sites for hydroxylation is 1. The van der Waals surface area contributed by atoms with Crippen LogP contribution in [0.3, 0.4) is 0 Å². The molecule has 6 nitrogen and oxygen atoms in total. The van der Waals surface area contributed by atoms with Crippen molar-refractivity contribution in [3.05, 3.63) is 83.4 Å². The molecule has 0 radical (unpaired) electrons. The van der Waals surface area contributed by atoms with Crippen LogP contribution in [0.5, 0.6) is 5.75 Å². The molecule has 31 heavy (non-hydrogen) atoms. The second kappa shape index (κ2) is 9.31. The smallest absolute Gasteiger partial charge is 0.253 e.